The summed E-state index contributed by atoms with van der Waals surface area (Å²) in [6.45, 7) is 4.50. The number of hydrogen-bond donors (Lipinski definition) is 0. The summed E-state index contributed by atoms with van der Waals surface area (Å²) in [7, 11) is 0. The van der Waals surface area contributed by atoms with E-state index in [2.05, 4.69) is 10.2 Å². The fourth-order valence-electron chi connectivity index (χ4n) is 2.71. The number of anilines is 1. The Labute approximate surface area is 150 Å². The lowest BCUT2D eigenvalue weighted by Crippen LogP contribution is -2.49. The lowest BCUT2D eigenvalue weighted by atomic mass is 10.1. The minimum Gasteiger partial charge on any atom is -0.477 e. The quantitative estimate of drug-likeness (QED) is 0.834. The predicted molar refractivity (Wildman–Crippen MR) is 92.7 cm³/mol. The van der Waals surface area contributed by atoms with Crippen molar-refractivity contribution in [2.75, 3.05) is 37.7 Å². The number of halogens is 2. The van der Waals surface area contributed by atoms with Crippen molar-refractivity contribution in [1.82, 2.24) is 15.1 Å². The van der Waals surface area contributed by atoms with E-state index in [1.165, 1.54) is 18.2 Å². The number of carbonyl (C=O) groups excluding carboxylic acids is 1. The summed E-state index contributed by atoms with van der Waals surface area (Å²) in [5.41, 5.74) is -0.0709. The summed E-state index contributed by atoms with van der Waals surface area (Å²) in [4.78, 5) is 16.2. The van der Waals surface area contributed by atoms with Crippen LogP contribution in [0.15, 0.2) is 30.3 Å². The molecule has 0 unspecified atom stereocenters. The van der Waals surface area contributed by atoms with Crippen LogP contribution in [0.25, 0.3) is 0 Å². The van der Waals surface area contributed by atoms with Crippen LogP contribution in [0.1, 0.15) is 17.3 Å². The zero-order chi connectivity index (χ0) is 17.8. The molecular formula is C17H18ClFN4O2. The molecular weight excluding hydrogens is 347 g/mol. The third-order valence-corrected chi connectivity index (χ3v) is 4.30. The summed E-state index contributed by atoms with van der Waals surface area (Å²) >= 11 is 5.98. The van der Waals surface area contributed by atoms with E-state index in [-0.39, 0.29) is 16.5 Å². The van der Waals surface area contributed by atoms with Crippen LogP contribution in [-0.2, 0) is 0 Å². The highest BCUT2D eigenvalue weighted by Gasteiger charge is 2.26. The van der Waals surface area contributed by atoms with E-state index < -0.39 is 5.82 Å². The molecule has 1 fully saturated rings. The summed E-state index contributed by atoms with van der Waals surface area (Å²) in [5, 5.41) is 8.28. The number of piperazine rings is 1. The second-order valence-corrected chi connectivity index (χ2v) is 5.95. The standard InChI is InChI=1S/C17H18ClFN4O2/c1-2-25-15-7-6-14(20-21-15)22-8-10-23(11-9-22)17(24)16-12(18)4-3-5-13(16)19/h3-7H,2,8-11H2,1H3. The third kappa shape index (κ3) is 3.82. The number of nitrogens with zero attached hydrogens (tertiary/aromatic N) is 4. The maximum Gasteiger partial charge on any atom is 0.258 e. The Morgan fingerprint density at radius 1 is 1.20 bits per heavy atom. The molecule has 132 valence electrons. The fourth-order valence-corrected chi connectivity index (χ4v) is 2.95. The second-order valence-electron chi connectivity index (χ2n) is 5.54. The number of rotatable bonds is 4. The first-order valence-corrected chi connectivity index (χ1v) is 8.42. The van der Waals surface area contributed by atoms with Gasteiger partial charge < -0.3 is 14.5 Å². The molecule has 3 rings (SSSR count). The van der Waals surface area contributed by atoms with Crippen molar-refractivity contribution in [2.45, 2.75) is 6.92 Å². The van der Waals surface area contributed by atoms with Gasteiger partial charge in [0.25, 0.3) is 5.91 Å². The molecule has 1 aromatic heterocycles. The molecule has 0 N–H and O–H groups in total. The van der Waals surface area contributed by atoms with E-state index in [4.69, 9.17) is 16.3 Å². The first kappa shape index (κ1) is 17.4. The SMILES string of the molecule is CCOc1ccc(N2CCN(C(=O)c3c(F)cccc3Cl)CC2)nn1. The van der Waals surface area contributed by atoms with Gasteiger partial charge in [-0.2, -0.15) is 0 Å². The normalized spacial score (nSPS) is 14.5. The highest BCUT2D eigenvalue weighted by molar-refractivity contribution is 6.33. The Morgan fingerprint density at radius 2 is 1.96 bits per heavy atom. The lowest BCUT2D eigenvalue weighted by Gasteiger charge is -2.35. The molecule has 0 aliphatic carbocycles. The van der Waals surface area contributed by atoms with Crippen molar-refractivity contribution in [2.24, 2.45) is 0 Å². The van der Waals surface area contributed by atoms with Crippen LogP contribution >= 0.6 is 11.6 Å². The van der Waals surface area contributed by atoms with Gasteiger partial charge in [-0.15, -0.1) is 10.2 Å². The third-order valence-electron chi connectivity index (χ3n) is 3.99. The number of carbonyl (C=O) groups is 1. The Kier molecular flexibility index (Phi) is 5.33. The van der Waals surface area contributed by atoms with E-state index in [1.807, 2.05) is 17.9 Å². The van der Waals surface area contributed by atoms with Crippen LogP contribution in [0.2, 0.25) is 5.02 Å². The molecule has 0 bridgehead atoms. The molecule has 0 atom stereocenters. The Balaban J connectivity index is 1.64. The van der Waals surface area contributed by atoms with Crippen molar-refractivity contribution in [3.05, 3.63) is 46.7 Å². The van der Waals surface area contributed by atoms with E-state index in [0.29, 0.717) is 38.7 Å². The number of aromatic nitrogens is 2. The predicted octanol–water partition coefficient (Wildman–Crippen LogP) is 2.63. The smallest absolute Gasteiger partial charge is 0.258 e. The minimum atomic E-state index is -0.600. The maximum absolute atomic E-state index is 13.9. The molecule has 1 aromatic carbocycles. The van der Waals surface area contributed by atoms with Gasteiger partial charge in [-0.3, -0.25) is 4.79 Å². The summed E-state index contributed by atoms with van der Waals surface area (Å²) in [6, 6.07) is 7.84. The monoisotopic (exact) mass is 364 g/mol. The molecule has 2 heterocycles. The van der Waals surface area contributed by atoms with Gasteiger partial charge in [0, 0.05) is 32.2 Å². The second kappa shape index (κ2) is 7.65. The van der Waals surface area contributed by atoms with Crippen molar-refractivity contribution >= 4 is 23.3 Å². The van der Waals surface area contributed by atoms with Gasteiger partial charge >= 0.3 is 0 Å². The van der Waals surface area contributed by atoms with Gasteiger partial charge in [-0.1, -0.05) is 17.7 Å². The Bertz CT molecular complexity index is 729. The van der Waals surface area contributed by atoms with Gasteiger partial charge in [-0.05, 0) is 25.1 Å². The Hall–Kier alpha value is -2.41. The van der Waals surface area contributed by atoms with Gasteiger partial charge in [0.2, 0.25) is 5.88 Å². The van der Waals surface area contributed by atoms with Crippen LogP contribution in [0.5, 0.6) is 5.88 Å². The largest absolute Gasteiger partial charge is 0.477 e. The van der Waals surface area contributed by atoms with Crippen LogP contribution < -0.4 is 9.64 Å². The van der Waals surface area contributed by atoms with Crippen LogP contribution in [0, 0.1) is 5.82 Å². The summed E-state index contributed by atoms with van der Waals surface area (Å²) in [6.07, 6.45) is 0. The zero-order valence-corrected chi connectivity index (χ0v) is 14.5. The van der Waals surface area contributed by atoms with Gasteiger partial charge in [0.1, 0.15) is 5.82 Å². The minimum absolute atomic E-state index is 0.0709. The van der Waals surface area contributed by atoms with Crippen molar-refractivity contribution in [3.8, 4) is 5.88 Å². The number of amides is 1. The van der Waals surface area contributed by atoms with Crippen LogP contribution in [0.4, 0.5) is 10.2 Å². The lowest BCUT2D eigenvalue weighted by molar-refractivity contribution is 0.0742. The first-order chi connectivity index (χ1) is 12.1. The number of ether oxygens (including phenoxy) is 1. The number of hydrogen-bond acceptors (Lipinski definition) is 5. The van der Waals surface area contributed by atoms with Gasteiger partial charge in [0.05, 0.1) is 17.2 Å². The van der Waals surface area contributed by atoms with Crippen LogP contribution in [0.3, 0.4) is 0 Å². The molecule has 1 aliphatic heterocycles. The molecule has 25 heavy (non-hydrogen) atoms. The molecule has 6 nitrogen and oxygen atoms in total. The van der Waals surface area contributed by atoms with Crippen molar-refractivity contribution in [3.63, 3.8) is 0 Å². The fraction of sp³-hybridized carbons (Fsp3) is 0.353. The first-order valence-electron chi connectivity index (χ1n) is 8.05. The highest BCUT2D eigenvalue weighted by Crippen LogP contribution is 2.22. The van der Waals surface area contributed by atoms with E-state index >= 15 is 0 Å². The van der Waals surface area contributed by atoms with Gasteiger partial charge in [0.15, 0.2) is 5.82 Å². The maximum atomic E-state index is 13.9. The van der Waals surface area contributed by atoms with E-state index in [0.717, 1.165) is 5.82 Å². The molecule has 2 aromatic rings. The topological polar surface area (TPSA) is 58.6 Å². The van der Waals surface area contributed by atoms with E-state index in [9.17, 15) is 9.18 Å². The molecule has 0 radical (unpaired) electrons. The molecule has 1 saturated heterocycles. The van der Waals surface area contributed by atoms with Crippen molar-refractivity contribution < 1.29 is 13.9 Å². The highest BCUT2D eigenvalue weighted by atomic mass is 35.5. The molecule has 0 spiro atoms. The van der Waals surface area contributed by atoms with Crippen molar-refractivity contribution in [1.29, 1.82) is 0 Å². The molecule has 1 aliphatic rings. The van der Waals surface area contributed by atoms with E-state index in [1.54, 1.807) is 11.0 Å². The number of benzene rings is 1. The molecule has 0 saturated carbocycles. The van der Waals surface area contributed by atoms with Gasteiger partial charge in [-0.25, -0.2) is 4.39 Å². The summed E-state index contributed by atoms with van der Waals surface area (Å²) in [5.74, 6) is 0.214. The summed E-state index contributed by atoms with van der Waals surface area (Å²) < 4.78 is 19.2. The molecule has 1 amide bonds. The molecule has 8 heteroatoms. The van der Waals surface area contributed by atoms with Crippen LogP contribution in [-0.4, -0.2) is 53.8 Å². The zero-order valence-electron chi connectivity index (χ0n) is 13.8. The Morgan fingerprint density at radius 3 is 2.56 bits per heavy atom. The average molecular weight is 365 g/mol. The average Bonchev–Trinajstić information content (AvgIpc) is 2.62.